The second-order valence-corrected chi connectivity index (χ2v) is 7.87. The molecule has 2 heterocycles. The summed E-state index contributed by atoms with van der Waals surface area (Å²) in [5, 5.41) is 7.49. The predicted octanol–water partition coefficient (Wildman–Crippen LogP) is 2.34. The third-order valence-electron chi connectivity index (χ3n) is 5.10. The third-order valence-corrected chi connectivity index (χ3v) is 5.63. The molecule has 1 N–H and O–H groups in total. The first-order valence-electron chi connectivity index (χ1n) is 8.81. The van der Waals surface area contributed by atoms with Crippen LogP contribution in [0.2, 0.25) is 0 Å². The Labute approximate surface area is 154 Å². The summed E-state index contributed by atoms with van der Waals surface area (Å²) in [5.41, 5.74) is 0.663. The van der Waals surface area contributed by atoms with E-state index in [9.17, 15) is 9.59 Å². The smallest absolute Gasteiger partial charge is 0.345 e. The van der Waals surface area contributed by atoms with E-state index in [0.717, 1.165) is 54.4 Å². The van der Waals surface area contributed by atoms with E-state index in [0.29, 0.717) is 6.54 Å². The maximum absolute atomic E-state index is 12.5. The highest BCUT2D eigenvalue weighted by atomic mass is 79.9. The first-order chi connectivity index (χ1) is 12.1. The van der Waals surface area contributed by atoms with Gasteiger partial charge in [-0.1, -0.05) is 34.5 Å². The molecule has 4 rings (SSSR count). The van der Waals surface area contributed by atoms with Gasteiger partial charge in [0.1, 0.15) is 12.4 Å². The maximum atomic E-state index is 12.5. The molecule has 7 heteroatoms. The van der Waals surface area contributed by atoms with Crippen LogP contribution in [0, 0.1) is 0 Å². The van der Waals surface area contributed by atoms with Crippen molar-refractivity contribution < 1.29 is 4.79 Å². The summed E-state index contributed by atoms with van der Waals surface area (Å²) < 4.78 is 4.06. The van der Waals surface area contributed by atoms with Crippen LogP contribution in [-0.4, -0.2) is 20.3 Å². The summed E-state index contributed by atoms with van der Waals surface area (Å²) in [4.78, 5) is 25.0. The average molecular weight is 405 g/mol. The number of carbonyl (C=O) groups excluding carboxylic acids is 1. The van der Waals surface area contributed by atoms with Gasteiger partial charge in [-0.2, -0.15) is 5.10 Å². The first-order valence-corrected chi connectivity index (χ1v) is 9.60. The number of rotatable bonds is 4. The van der Waals surface area contributed by atoms with Gasteiger partial charge in [0.25, 0.3) is 0 Å². The van der Waals surface area contributed by atoms with Crippen molar-refractivity contribution >= 4 is 21.8 Å². The van der Waals surface area contributed by atoms with Crippen LogP contribution in [-0.2, 0) is 29.8 Å². The van der Waals surface area contributed by atoms with Crippen LogP contribution in [0.25, 0.3) is 0 Å². The molecule has 1 aliphatic carbocycles. The summed E-state index contributed by atoms with van der Waals surface area (Å²) in [5.74, 6) is 0.653. The molecule has 2 aromatic rings. The second-order valence-electron chi connectivity index (χ2n) is 6.96. The van der Waals surface area contributed by atoms with Gasteiger partial charge in [0.05, 0.1) is 5.54 Å². The van der Waals surface area contributed by atoms with E-state index in [2.05, 4.69) is 26.3 Å². The molecule has 0 bridgehead atoms. The number of benzene rings is 1. The van der Waals surface area contributed by atoms with Gasteiger partial charge in [-0.05, 0) is 43.4 Å². The molecule has 0 saturated heterocycles. The fraction of sp³-hybridized carbons (Fsp3) is 0.500. The molecule has 1 saturated carbocycles. The van der Waals surface area contributed by atoms with Crippen molar-refractivity contribution in [2.45, 2.75) is 57.2 Å². The summed E-state index contributed by atoms with van der Waals surface area (Å²) in [6, 6.07) is 8.03. The van der Waals surface area contributed by atoms with Gasteiger partial charge in [0, 0.05) is 17.4 Å². The van der Waals surface area contributed by atoms with Crippen LogP contribution in [0.3, 0.4) is 0 Å². The molecule has 0 radical (unpaired) electrons. The number of halogens is 1. The first kappa shape index (κ1) is 16.6. The maximum Gasteiger partial charge on any atom is 0.346 e. The van der Waals surface area contributed by atoms with Crippen LogP contribution in [0.15, 0.2) is 33.5 Å². The van der Waals surface area contributed by atoms with Gasteiger partial charge >= 0.3 is 5.69 Å². The van der Waals surface area contributed by atoms with E-state index in [-0.39, 0.29) is 23.7 Å². The Bertz CT molecular complexity index is 849. The van der Waals surface area contributed by atoms with E-state index in [1.807, 2.05) is 24.3 Å². The van der Waals surface area contributed by atoms with Crippen LogP contribution in [0.4, 0.5) is 0 Å². The zero-order valence-corrected chi connectivity index (χ0v) is 15.6. The Hall–Kier alpha value is -1.89. The molecule has 1 aliphatic heterocycles. The number of hydrogen-bond donors (Lipinski definition) is 1. The van der Waals surface area contributed by atoms with Crippen molar-refractivity contribution in [2.75, 3.05) is 0 Å². The van der Waals surface area contributed by atoms with Crippen molar-refractivity contribution in [1.82, 2.24) is 19.7 Å². The molecular weight excluding hydrogens is 384 g/mol. The highest BCUT2D eigenvalue weighted by molar-refractivity contribution is 9.10. The fourth-order valence-electron chi connectivity index (χ4n) is 3.55. The Balaban J connectivity index is 1.48. The predicted molar refractivity (Wildman–Crippen MR) is 97.2 cm³/mol. The summed E-state index contributed by atoms with van der Waals surface area (Å²) in [6.07, 6.45) is 5.84. The third kappa shape index (κ3) is 3.29. The Morgan fingerprint density at radius 2 is 1.96 bits per heavy atom. The van der Waals surface area contributed by atoms with Crippen LogP contribution < -0.4 is 11.0 Å². The monoisotopic (exact) mass is 404 g/mol. The summed E-state index contributed by atoms with van der Waals surface area (Å²) in [6.45, 7) is 0.690. The topological polar surface area (TPSA) is 68.9 Å². The zero-order chi connectivity index (χ0) is 17.4. The number of amides is 1. The molecule has 1 aromatic carbocycles. The Morgan fingerprint density at radius 3 is 2.68 bits per heavy atom. The van der Waals surface area contributed by atoms with Crippen LogP contribution in [0.5, 0.6) is 0 Å². The number of fused-ring (bicyclic) bond motifs is 1. The summed E-state index contributed by atoms with van der Waals surface area (Å²) >= 11 is 3.43. The Morgan fingerprint density at radius 1 is 1.20 bits per heavy atom. The number of nitrogens with zero attached hydrogens (tertiary/aromatic N) is 3. The van der Waals surface area contributed by atoms with E-state index >= 15 is 0 Å². The number of carbonyl (C=O) groups is 1. The molecule has 0 spiro atoms. The van der Waals surface area contributed by atoms with E-state index in [4.69, 9.17) is 0 Å². The SMILES string of the molecule is O=C(Cn1nc2n(c1=O)CCCCC2)NC1(c2ccc(Br)cc2)CC1. The van der Waals surface area contributed by atoms with Gasteiger partial charge in [-0.25, -0.2) is 9.48 Å². The fourth-order valence-corrected chi connectivity index (χ4v) is 3.81. The van der Waals surface area contributed by atoms with E-state index in [1.165, 1.54) is 4.68 Å². The van der Waals surface area contributed by atoms with Crippen LogP contribution >= 0.6 is 15.9 Å². The van der Waals surface area contributed by atoms with Crippen molar-refractivity contribution in [3.63, 3.8) is 0 Å². The minimum atomic E-state index is -0.280. The molecule has 132 valence electrons. The minimum absolute atomic E-state index is 0.0168. The molecular formula is C18H21BrN4O2. The molecule has 1 aromatic heterocycles. The van der Waals surface area contributed by atoms with Gasteiger partial charge in [-0.15, -0.1) is 0 Å². The van der Waals surface area contributed by atoms with Gasteiger partial charge in [0.2, 0.25) is 5.91 Å². The minimum Gasteiger partial charge on any atom is -0.345 e. The van der Waals surface area contributed by atoms with Gasteiger partial charge in [-0.3, -0.25) is 9.36 Å². The largest absolute Gasteiger partial charge is 0.346 e. The quantitative estimate of drug-likeness (QED) is 0.849. The number of aryl methyl sites for hydroxylation is 1. The van der Waals surface area contributed by atoms with Gasteiger partial charge < -0.3 is 5.32 Å². The van der Waals surface area contributed by atoms with Gasteiger partial charge in [0.15, 0.2) is 0 Å². The molecule has 2 aliphatic rings. The molecule has 6 nitrogen and oxygen atoms in total. The van der Waals surface area contributed by atoms with E-state index < -0.39 is 0 Å². The van der Waals surface area contributed by atoms with E-state index in [1.54, 1.807) is 4.57 Å². The normalized spacial score (nSPS) is 18.3. The molecule has 0 atom stereocenters. The lowest BCUT2D eigenvalue weighted by molar-refractivity contribution is -0.123. The highest BCUT2D eigenvalue weighted by Crippen LogP contribution is 2.45. The van der Waals surface area contributed by atoms with Crippen LogP contribution in [0.1, 0.15) is 43.5 Å². The molecule has 0 unspecified atom stereocenters. The molecule has 1 fully saturated rings. The second kappa shape index (κ2) is 6.44. The number of nitrogens with one attached hydrogen (secondary N) is 1. The molecule has 25 heavy (non-hydrogen) atoms. The highest BCUT2D eigenvalue weighted by Gasteiger charge is 2.45. The average Bonchev–Trinajstić information content (AvgIpc) is 3.34. The van der Waals surface area contributed by atoms with Crippen molar-refractivity contribution in [2.24, 2.45) is 0 Å². The lowest BCUT2D eigenvalue weighted by Gasteiger charge is -2.18. The number of aromatic nitrogens is 3. The lowest BCUT2D eigenvalue weighted by atomic mass is 10.1. The van der Waals surface area contributed by atoms with Crippen molar-refractivity contribution in [3.8, 4) is 0 Å². The zero-order valence-electron chi connectivity index (χ0n) is 14.0. The summed E-state index contributed by atoms with van der Waals surface area (Å²) in [7, 11) is 0. The lowest BCUT2D eigenvalue weighted by Crippen LogP contribution is -2.39. The van der Waals surface area contributed by atoms with Crippen molar-refractivity contribution in [3.05, 3.63) is 50.6 Å². The number of hydrogen-bond acceptors (Lipinski definition) is 3. The molecule has 1 amide bonds. The standard InChI is InChI=1S/C18H21BrN4O2/c19-14-7-5-13(6-8-14)18(9-10-18)20-16(24)12-23-17(25)22-11-3-1-2-4-15(22)21-23/h5-8H,1-4,9-12H2,(H,20,24). The Kier molecular flexibility index (Phi) is 4.27. The van der Waals surface area contributed by atoms with Crippen molar-refractivity contribution in [1.29, 1.82) is 0 Å².